The number of nitrogens with zero attached hydrogens (tertiary/aromatic N) is 6. The Balaban J connectivity index is 1.42. The van der Waals surface area contributed by atoms with Crippen molar-refractivity contribution in [3.63, 3.8) is 0 Å². The highest BCUT2D eigenvalue weighted by Crippen LogP contribution is 2.40. The SMILES string of the molecule is CC[C@H]1OC(=O)[C@H](C)[C@@H](O[C@H]2C[C@@](C)(OC)[C@@H](O)[C@H](C)O2)[C@H](C)[C@@H](O[C@@H]2O[C@H](C)C[C@H](N(C)CCn3cc(CCc4ccc([N+](=O)[O-])cc4)nn3)[C@H]2O)[C@](C)(O)C[C@@H](C)CN(C)[C@H](C)[C@@H](O)[C@]1(C)O. The summed E-state index contributed by atoms with van der Waals surface area (Å²) in [6.07, 6.45) is -6.10. The van der Waals surface area contributed by atoms with E-state index in [0.717, 1.165) is 11.3 Å². The average molecular weight is 979 g/mol. The van der Waals surface area contributed by atoms with Crippen LogP contribution in [-0.2, 0) is 52.6 Å². The van der Waals surface area contributed by atoms with Crippen molar-refractivity contribution in [1.29, 1.82) is 0 Å². The van der Waals surface area contributed by atoms with Crippen LogP contribution in [0.15, 0.2) is 30.5 Å². The minimum absolute atomic E-state index is 0.0391. The molecule has 1 aromatic carbocycles. The Morgan fingerprint density at radius 1 is 0.971 bits per heavy atom. The molecule has 0 bridgehead atoms. The van der Waals surface area contributed by atoms with Gasteiger partial charge in [0, 0.05) is 63.0 Å². The van der Waals surface area contributed by atoms with Gasteiger partial charge in [0.25, 0.3) is 5.69 Å². The first kappa shape index (κ1) is 56.7. The molecule has 0 spiro atoms. The molecule has 3 aliphatic rings. The number of ether oxygens (including phenoxy) is 6. The molecule has 0 radical (unpaired) electrons. The Hall–Kier alpha value is -3.25. The van der Waals surface area contributed by atoms with Gasteiger partial charge in [-0.2, -0.15) is 0 Å². The van der Waals surface area contributed by atoms with Gasteiger partial charge in [-0.25, -0.2) is 0 Å². The van der Waals surface area contributed by atoms with Gasteiger partial charge in [-0.15, -0.1) is 5.10 Å². The number of nitro benzene ring substituents is 1. The van der Waals surface area contributed by atoms with Crippen LogP contribution in [-0.4, -0.2) is 186 Å². The molecule has 0 saturated carbocycles. The van der Waals surface area contributed by atoms with Crippen molar-refractivity contribution in [3.05, 3.63) is 51.8 Å². The van der Waals surface area contributed by atoms with Crippen LogP contribution in [0, 0.1) is 27.9 Å². The lowest BCUT2D eigenvalue weighted by atomic mass is 9.77. The van der Waals surface area contributed by atoms with Crippen LogP contribution < -0.4 is 0 Å². The number of hydrogen-bond acceptors (Lipinski definition) is 18. The molecule has 3 saturated heterocycles. The number of aliphatic hydroxyl groups is 5. The molecular formula is C49H82N6O14. The zero-order valence-corrected chi connectivity index (χ0v) is 43.0. The summed E-state index contributed by atoms with van der Waals surface area (Å²) < 4.78 is 39.9. The number of non-ortho nitro benzene ring substituents is 1. The van der Waals surface area contributed by atoms with Crippen LogP contribution in [0.2, 0.25) is 0 Å². The standard InChI is InChI=1S/C49H82N6O14/c1-14-38-49(10,61)42(57)32(6)53(12)26-28(2)24-47(8,60)44(30(4)41(31(5)45(59)67-38)68-39-25-48(9,64-13)43(58)33(7)66-39)69-46-40(56)37(23-29(3)65-46)52(11)21-22-54-27-35(50-51-54)18-15-34-16-19-36(20-17-34)55(62)63/h16-17,19-20,27-33,37-44,46,56-58,60-61H,14-15,18,21-26H2,1-13H3/t28-,29-,30+,31-,32-,33+,37+,38-,39+,40-,41+,42-,43+,44-,46+,47-,48-,49-/m1/s1. The molecule has 69 heavy (non-hydrogen) atoms. The second kappa shape index (κ2) is 23.5. The van der Waals surface area contributed by atoms with Crippen molar-refractivity contribution in [2.24, 2.45) is 17.8 Å². The summed E-state index contributed by atoms with van der Waals surface area (Å²) >= 11 is 0. The molecule has 1 aromatic heterocycles. The van der Waals surface area contributed by atoms with E-state index in [-0.39, 0.29) is 37.0 Å². The molecule has 20 nitrogen and oxygen atoms in total. The number of aryl methyl sites for hydroxylation is 2. The number of aromatic nitrogens is 3. The molecule has 5 rings (SSSR count). The Bertz CT molecular complexity index is 1960. The molecule has 3 fully saturated rings. The van der Waals surface area contributed by atoms with Gasteiger partial charge in [-0.1, -0.05) is 38.1 Å². The van der Waals surface area contributed by atoms with Gasteiger partial charge >= 0.3 is 5.97 Å². The van der Waals surface area contributed by atoms with Gasteiger partial charge in [0.2, 0.25) is 0 Å². The van der Waals surface area contributed by atoms with Crippen LogP contribution in [0.25, 0.3) is 0 Å². The lowest BCUT2D eigenvalue weighted by molar-refractivity contribution is -0.384. The predicted molar refractivity (Wildman–Crippen MR) is 254 cm³/mol. The summed E-state index contributed by atoms with van der Waals surface area (Å²) in [5.74, 6) is -2.82. The maximum atomic E-state index is 14.5. The van der Waals surface area contributed by atoms with E-state index < -0.39 is 107 Å². The Labute approximate surface area is 407 Å². The number of nitro groups is 1. The van der Waals surface area contributed by atoms with Crippen molar-refractivity contribution in [3.8, 4) is 0 Å². The fourth-order valence-corrected chi connectivity index (χ4v) is 10.7. The smallest absolute Gasteiger partial charge is 0.311 e. The lowest BCUT2D eigenvalue weighted by Crippen LogP contribution is -2.61. The number of cyclic esters (lactones) is 1. The molecule has 0 amide bonds. The van der Waals surface area contributed by atoms with E-state index in [2.05, 4.69) is 10.3 Å². The van der Waals surface area contributed by atoms with Crippen molar-refractivity contribution in [1.82, 2.24) is 24.8 Å². The van der Waals surface area contributed by atoms with E-state index >= 15 is 0 Å². The van der Waals surface area contributed by atoms with Crippen LogP contribution in [0.3, 0.4) is 0 Å². The quantitative estimate of drug-likeness (QED) is 0.103. The summed E-state index contributed by atoms with van der Waals surface area (Å²) in [6, 6.07) is 5.43. The number of carbonyl (C=O) groups excluding carboxylic acids is 1. The topological polar surface area (TPSA) is 254 Å². The fourth-order valence-electron chi connectivity index (χ4n) is 10.7. The molecule has 392 valence electrons. The van der Waals surface area contributed by atoms with Crippen molar-refractivity contribution in [2.75, 3.05) is 34.3 Å². The highest BCUT2D eigenvalue weighted by Gasteiger charge is 2.53. The van der Waals surface area contributed by atoms with Gasteiger partial charge < -0.3 is 58.9 Å². The molecule has 18 atom stereocenters. The van der Waals surface area contributed by atoms with Crippen LogP contribution in [0.5, 0.6) is 0 Å². The zero-order chi connectivity index (χ0) is 51.3. The van der Waals surface area contributed by atoms with E-state index in [0.29, 0.717) is 38.9 Å². The van der Waals surface area contributed by atoms with Gasteiger partial charge in [0.05, 0.1) is 58.7 Å². The van der Waals surface area contributed by atoms with E-state index in [4.69, 9.17) is 28.4 Å². The van der Waals surface area contributed by atoms with Crippen molar-refractivity contribution in [2.45, 2.75) is 205 Å². The Morgan fingerprint density at radius 2 is 1.64 bits per heavy atom. The molecule has 20 heteroatoms. The second-order valence-corrected chi connectivity index (χ2v) is 21.1. The largest absolute Gasteiger partial charge is 0.459 e. The van der Waals surface area contributed by atoms with E-state index in [1.54, 1.807) is 65.3 Å². The van der Waals surface area contributed by atoms with E-state index in [1.165, 1.54) is 26.2 Å². The maximum Gasteiger partial charge on any atom is 0.311 e. The van der Waals surface area contributed by atoms with E-state index in [1.807, 2.05) is 43.9 Å². The number of benzene rings is 1. The molecule has 5 N–H and O–H groups in total. The third-order valence-corrected chi connectivity index (χ3v) is 15.2. The summed E-state index contributed by atoms with van der Waals surface area (Å²) in [6.45, 7) is 18.8. The Morgan fingerprint density at radius 3 is 2.26 bits per heavy atom. The lowest BCUT2D eigenvalue weighted by Gasteiger charge is -2.49. The first-order valence-corrected chi connectivity index (χ1v) is 24.6. The molecular weight excluding hydrogens is 897 g/mol. The monoisotopic (exact) mass is 979 g/mol. The van der Waals surface area contributed by atoms with Crippen LogP contribution in [0.4, 0.5) is 5.69 Å². The highest BCUT2D eigenvalue weighted by atomic mass is 16.7. The molecule has 3 aliphatic heterocycles. The summed E-state index contributed by atoms with van der Waals surface area (Å²) in [5.41, 5.74) is -2.79. The second-order valence-electron chi connectivity index (χ2n) is 21.1. The molecule has 2 aromatic rings. The first-order chi connectivity index (χ1) is 32.2. The number of carbonyl (C=O) groups is 1. The normalized spacial score (nSPS) is 40.2. The summed E-state index contributed by atoms with van der Waals surface area (Å²) in [4.78, 5) is 29.0. The third kappa shape index (κ3) is 13.6. The van der Waals surface area contributed by atoms with Gasteiger partial charge in [0.1, 0.15) is 30.0 Å². The minimum atomic E-state index is -1.84. The summed E-state index contributed by atoms with van der Waals surface area (Å²) in [7, 11) is 5.23. The maximum absolute atomic E-state index is 14.5. The number of methoxy groups -OCH3 is 1. The highest BCUT2D eigenvalue weighted by molar-refractivity contribution is 5.73. The minimum Gasteiger partial charge on any atom is -0.459 e. The van der Waals surface area contributed by atoms with Gasteiger partial charge in [-0.3, -0.25) is 24.5 Å². The van der Waals surface area contributed by atoms with Gasteiger partial charge in [-0.05, 0) is 106 Å². The summed E-state index contributed by atoms with van der Waals surface area (Å²) in [5, 5.41) is 79.2. The number of aliphatic hydroxyl groups excluding tert-OH is 3. The van der Waals surface area contributed by atoms with Gasteiger partial charge in [0.15, 0.2) is 12.6 Å². The van der Waals surface area contributed by atoms with E-state index in [9.17, 15) is 40.4 Å². The molecule has 0 aliphatic carbocycles. The first-order valence-electron chi connectivity index (χ1n) is 24.6. The Kier molecular flexibility index (Phi) is 19.3. The number of rotatable bonds is 14. The molecule has 0 unspecified atom stereocenters. The van der Waals surface area contributed by atoms with Crippen LogP contribution in [0.1, 0.15) is 106 Å². The number of esters is 1. The average Bonchev–Trinajstić information content (AvgIpc) is 3.76. The fraction of sp³-hybridized carbons (Fsp3) is 0.816. The number of hydrogen-bond donors (Lipinski definition) is 5. The third-order valence-electron chi connectivity index (χ3n) is 15.2. The zero-order valence-electron chi connectivity index (χ0n) is 43.0. The van der Waals surface area contributed by atoms with Crippen LogP contribution >= 0.6 is 0 Å². The van der Waals surface area contributed by atoms with Crippen molar-refractivity contribution >= 4 is 11.7 Å². The molecule has 4 heterocycles. The number of likely N-dealkylation sites (N-methyl/N-ethyl adjacent to an activating group) is 2. The van der Waals surface area contributed by atoms with Crippen molar-refractivity contribution < 1.29 is 63.7 Å². The predicted octanol–water partition coefficient (Wildman–Crippen LogP) is 3.26.